The van der Waals surface area contributed by atoms with E-state index in [9.17, 15) is 8.42 Å². The third-order valence-corrected chi connectivity index (χ3v) is 5.72. The number of nitrogens with zero attached hydrogens (tertiary/aromatic N) is 1. The van der Waals surface area contributed by atoms with E-state index in [1.165, 1.54) is 16.3 Å². The van der Waals surface area contributed by atoms with Crippen LogP contribution in [0.5, 0.6) is 0 Å². The van der Waals surface area contributed by atoms with Gasteiger partial charge in [-0.1, -0.05) is 13.8 Å². The topological polar surface area (TPSA) is 61.4 Å². The predicted molar refractivity (Wildman–Crippen MR) is 78.0 cm³/mol. The Morgan fingerprint density at radius 2 is 2.06 bits per heavy atom. The third kappa shape index (κ3) is 4.60. The van der Waals surface area contributed by atoms with Gasteiger partial charge in [0.05, 0.1) is 3.79 Å². The Labute approximate surface area is 121 Å². The molecule has 1 aromatic heterocycles. The minimum atomic E-state index is -3.50. The van der Waals surface area contributed by atoms with Crippen molar-refractivity contribution in [3.8, 4) is 0 Å². The number of halogens is 1. The number of hydrogen-bond acceptors (Lipinski definition) is 5. The van der Waals surface area contributed by atoms with Gasteiger partial charge in [0.2, 0.25) is 0 Å². The molecular weight excluding hydrogens is 338 g/mol. The summed E-state index contributed by atoms with van der Waals surface area (Å²) in [5.74, 6) is 0. The molecule has 0 amide bonds. The quantitative estimate of drug-likeness (QED) is 0.763. The molecule has 0 fully saturated rings. The Morgan fingerprint density at radius 3 is 2.56 bits per heavy atom. The summed E-state index contributed by atoms with van der Waals surface area (Å²) >= 11 is 4.73. The lowest BCUT2D eigenvalue weighted by molar-refractivity contribution is 0.364. The molecule has 104 valence electrons. The molecule has 18 heavy (non-hydrogen) atoms. The van der Waals surface area contributed by atoms with Crippen molar-refractivity contribution < 1.29 is 8.42 Å². The Kier molecular flexibility index (Phi) is 5.75. The van der Waals surface area contributed by atoms with Gasteiger partial charge in [0, 0.05) is 31.6 Å². The van der Waals surface area contributed by atoms with Crippen LogP contribution in [0.2, 0.25) is 0 Å². The maximum Gasteiger partial charge on any atom is 0.255 e. The van der Waals surface area contributed by atoms with Crippen LogP contribution >= 0.6 is 27.3 Å². The van der Waals surface area contributed by atoms with Crippen molar-refractivity contribution >= 4 is 37.3 Å². The molecule has 8 heteroatoms. The molecule has 2 N–H and O–H groups in total. The highest BCUT2D eigenvalue weighted by Crippen LogP contribution is 2.31. The molecule has 0 aliphatic heterocycles. The average Bonchev–Trinajstić information content (AvgIpc) is 2.55. The van der Waals surface area contributed by atoms with Crippen molar-refractivity contribution in [3.05, 3.63) is 14.7 Å². The van der Waals surface area contributed by atoms with Gasteiger partial charge >= 0.3 is 0 Å². The van der Waals surface area contributed by atoms with Crippen LogP contribution in [0.4, 0.5) is 0 Å². The Morgan fingerprint density at radius 1 is 1.44 bits per heavy atom. The van der Waals surface area contributed by atoms with Gasteiger partial charge in [-0.15, -0.1) is 16.2 Å². The second kappa shape index (κ2) is 6.44. The standard InChI is InChI=1S/C10H18BrN3O2S2/c1-7(2)12-6-8-5-9(10(11)17-8)18(15,16)13-14(3)4/h5,7,12-13H,6H2,1-4H3. The summed E-state index contributed by atoms with van der Waals surface area (Å²) in [6, 6.07) is 2.06. The van der Waals surface area contributed by atoms with E-state index in [2.05, 4.69) is 26.1 Å². The molecule has 1 aromatic rings. The van der Waals surface area contributed by atoms with E-state index in [4.69, 9.17) is 0 Å². The van der Waals surface area contributed by atoms with E-state index in [0.717, 1.165) is 4.88 Å². The Balaban J connectivity index is 2.91. The van der Waals surface area contributed by atoms with Crippen molar-refractivity contribution in [2.45, 2.75) is 31.3 Å². The molecule has 0 spiro atoms. The number of hydrogen-bond donors (Lipinski definition) is 2. The summed E-state index contributed by atoms with van der Waals surface area (Å²) in [5, 5.41) is 4.67. The summed E-state index contributed by atoms with van der Waals surface area (Å²) < 4.78 is 24.7. The highest BCUT2D eigenvalue weighted by atomic mass is 79.9. The van der Waals surface area contributed by atoms with Crippen molar-refractivity contribution in [3.63, 3.8) is 0 Å². The number of sulfonamides is 1. The largest absolute Gasteiger partial charge is 0.310 e. The maximum atomic E-state index is 12.0. The van der Waals surface area contributed by atoms with Crippen molar-refractivity contribution in [2.24, 2.45) is 0 Å². The summed E-state index contributed by atoms with van der Waals surface area (Å²) in [4.78, 5) is 3.68. The van der Waals surface area contributed by atoms with Gasteiger partial charge in [-0.25, -0.2) is 13.4 Å². The van der Waals surface area contributed by atoms with E-state index in [1.807, 2.05) is 13.8 Å². The van der Waals surface area contributed by atoms with Crippen molar-refractivity contribution in [2.75, 3.05) is 14.1 Å². The fraction of sp³-hybridized carbons (Fsp3) is 0.600. The first-order valence-electron chi connectivity index (χ1n) is 5.43. The van der Waals surface area contributed by atoms with Crippen LogP contribution in [0, 0.1) is 0 Å². The van der Waals surface area contributed by atoms with Crippen LogP contribution in [-0.2, 0) is 16.6 Å². The van der Waals surface area contributed by atoms with Crippen LogP contribution in [0.1, 0.15) is 18.7 Å². The molecule has 0 atom stereocenters. The number of nitrogens with one attached hydrogen (secondary N) is 2. The lowest BCUT2D eigenvalue weighted by Crippen LogP contribution is -2.36. The smallest absolute Gasteiger partial charge is 0.255 e. The summed E-state index contributed by atoms with van der Waals surface area (Å²) in [7, 11) is -0.220. The van der Waals surface area contributed by atoms with Gasteiger partial charge in [-0.05, 0) is 22.0 Å². The molecule has 0 saturated carbocycles. The van der Waals surface area contributed by atoms with Gasteiger partial charge in [0.25, 0.3) is 10.0 Å². The van der Waals surface area contributed by atoms with E-state index in [-0.39, 0.29) is 4.90 Å². The first kappa shape index (κ1) is 16.1. The zero-order chi connectivity index (χ0) is 13.9. The number of hydrazine groups is 1. The molecule has 0 aromatic carbocycles. The first-order valence-corrected chi connectivity index (χ1v) is 8.53. The second-order valence-corrected chi connectivity index (χ2v) is 8.46. The zero-order valence-corrected chi connectivity index (χ0v) is 14.0. The summed E-state index contributed by atoms with van der Waals surface area (Å²) in [6.45, 7) is 4.76. The summed E-state index contributed by atoms with van der Waals surface area (Å²) in [5.41, 5.74) is 0. The van der Waals surface area contributed by atoms with Crippen molar-refractivity contribution in [1.82, 2.24) is 15.2 Å². The normalized spacial score (nSPS) is 12.6. The lowest BCUT2D eigenvalue weighted by Gasteiger charge is -2.11. The highest BCUT2D eigenvalue weighted by Gasteiger charge is 2.21. The van der Waals surface area contributed by atoms with Gasteiger partial charge in [0.1, 0.15) is 4.90 Å². The molecule has 0 aliphatic carbocycles. The van der Waals surface area contributed by atoms with Crippen LogP contribution in [-0.4, -0.2) is 33.6 Å². The minimum absolute atomic E-state index is 0.279. The SMILES string of the molecule is CC(C)NCc1cc(S(=O)(=O)NN(C)C)c(Br)s1. The Bertz CT molecular complexity index is 497. The van der Waals surface area contributed by atoms with Crippen LogP contribution in [0.15, 0.2) is 14.7 Å². The fourth-order valence-corrected chi connectivity index (χ4v) is 4.98. The number of rotatable bonds is 6. The van der Waals surface area contributed by atoms with Crippen LogP contribution in [0.25, 0.3) is 0 Å². The average molecular weight is 356 g/mol. The van der Waals surface area contributed by atoms with Gasteiger partial charge in [-0.3, -0.25) is 0 Å². The third-order valence-electron chi connectivity index (χ3n) is 1.98. The van der Waals surface area contributed by atoms with E-state index >= 15 is 0 Å². The summed E-state index contributed by atoms with van der Waals surface area (Å²) in [6.07, 6.45) is 0. The minimum Gasteiger partial charge on any atom is -0.310 e. The molecule has 0 unspecified atom stereocenters. The fourth-order valence-electron chi connectivity index (χ4n) is 1.26. The van der Waals surface area contributed by atoms with Crippen molar-refractivity contribution in [1.29, 1.82) is 0 Å². The molecule has 1 heterocycles. The predicted octanol–water partition coefficient (Wildman–Crippen LogP) is 1.76. The first-order chi connectivity index (χ1) is 8.22. The molecular formula is C10H18BrN3O2S2. The molecule has 0 aliphatic rings. The molecule has 0 saturated heterocycles. The van der Waals surface area contributed by atoms with E-state index < -0.39 is 10.0 Å². The van der Waals surface area contributed by atoms with Gasteiger partial charge < -0.3 is 5.32 Å². The number of thiophene rings is 1. The second-order valence-electron chi connectivity index (χ2n) is 4.38. The van der Waals surface area contributed by atoms with Crippen LogP contribution in [0.3, 0.4) is 0 Å². The van der Waals surface area contributed by atoms with Crippen LogP contribution < -0.4 is 10.1 Å². The maximum absolute atomic E-state index is 12.0. The molecule has 0 radical (unpaired) electrons. The molecule has 1 rings (SSSR count). The zero-order valence-electron chi connectivity index (χ0n) is 10.8. The van der Waals surface area contributed by atoms with E-state index in [0.29, 0.717) is 16.4 Å². The lowest BCUT2D eigenvalue weighted by atomic mass is 10.4. The monoisotopic (exact) mass is 355 g/mol. The highest BCUT2D eigenvalue weighted by molar-refractivity contribution is 9.11. The van der Waals surface area contributed by atoms with Gasteiger partial charge in [0.15, 0.2) is 0 Å². The Hall–Kier alpha value is 0.01000. The molecule has 0 bridgehead atoms. The van der Waals surface area contributed by atoms with Gasteiger partial charge in [-0.2, -0.15) is 0 Å². The molecule has 5 nitrogen and oxygen atoms in total. The van der Waals surface area contributed by atoms with E-state index in [1.54, 1.807) is 20.2 Å².